The molecule has 0 aliphatic carbocycles. The molecule has 9 aromatic rings. The summed E-state index contributed by atoms with van der Waals surface area (Å²) >= 11 is 0. The Morgan fingerprint density at radius 3 is 1.77 bits per heavy atom. The van der Waals surface area contributed by atoms with Gasteiger partial charge in [0.15, 0.2) is 7.14 Å². The molecule has 2 aromatic heterocycles. The van der Waals surface area contributed by atoms with Crippen molar-refractivity contribution in [2.45, 2.75) is 0 Å². The number of rotatable bonds is 5. The van der Waals surface area contributed by atoms with Crippen molar-refractivity contribution in [1.82, 2.24) is 9.55 Å². The van der Waals surface area contributed by atoms with Crippen LogP contribution in [0.4, 0.5) is 0 Å². The molecular weight excluding hydrogens is 591 g/mol. The number of fused-ring (bicyclic) bond motifs is 7. The summed E-state index contributed by atoms with van der Waals surface area (Å²) in [7, 11) is -3.17. The second kappa shape index (κ2) is 10.9. The van der Waals surface area contributed by atoms with Crippen molar-refractivity contribution in [3.8, 4) is 16.9 Å². The normalized spacial score (nSPS) is 11.9. The standard InChI is InChI=1S/C43H29N2OP/c46-47(32-18-6-2-7-19-32,33-20-8-3-9-21-33)34-22-14-15-30(29-34)42-38-28-27-36-35-23-11-13-26-40(35)45(31-16-4-1-5-17-31)43(36)41(38)37-24-10-12-25-39(37)44-42/h1-29H. The van der Waals surface area contributed by atoms with Crippen LogP contribution in [0, 0.1) is 0 Å². The molecule has 0 amide bonds. The van der Waals surface area contributed by atoms with Crippen LogP contribution in [0.1, 0.15) is 0 Å². The number of benzene rings is 7. The lowest BCUT2D eigenvalue weighted by molar-refractivity contribution is 0.592. The monoisotopic (exact) mass is 620 g/mol. The van der Waals surface area contributed by atoms with Crippen LogP contribution in [0.5, 0.6) is 0 Å². The number of hydrogen-bond donors (Lipinski definition) is 0. The van der Waals surface area contributed by atoms with Gasteiger partial charge in [0.25, 0.3) is 0 Å². The molecule has 0 saturated carbocycles. The maximum atomic E-state index is 15.3. The van der Waals surface area contributed by atoms with Crippen molar-refractivity contribution in [2.75, 3.05) is 0 Å². The highest BCUT2D eigenvalue weighted by Gasteiger charge is 2.30. The fraction of sp³-hybridized carbons (Fsp3) is 0. The van der Waals surface area contributed by atoms with Crippen LogP contribution in [0.2, 0.25) is 0 Å². The first-order valence-electron chi connectivity index (χ1n) is 15.8. The summed E-state index contributed by atoms with van der Waals surface area (Å²) in [6, 6.07) is 60.0. The van der Waals surface area contributed by atoms with Gasteiger partial charge in [-0.2, -0.15) is 0 Å². The quantitative estimate of drug-likeness (QED) is 0.142. The molecule has 0 radical (unpaired) electrons. The number of hydrogen-bond acceptors (Lipinski definition) is 2. The van der Waals surface area contributed by atoms with Crippen molar-refractivity contribution in [3.63, 3.8) is 0 Å². The zero-order valence-corrected chi connectivity index (χ0v) is 26.4. The molecule has 47 heavy (non-hydrogen) atoms. The van der Waals surface area contributed by atoms with Gasteiger partial charge in [0.1, 0.15) is 0 Å². The van der Waals surface area contributed by atoms with Crippen LogP contribution >= 0.6 is 7.14 Å². The van der Waals surface area contributed by atoms with E-state index in [1.807, 2.05) is 78.9 Å². The summed E-state index contributed by atoms with van der Waals surface area (Å²) < 4.78 is 17.7. The van der Waals surface area contributed by atoms with Crippen molar-refractivity contribution in [2.24, 2.45) is 0 Å². The maximum Gasteiger partial charge on any atom is 0.171 e. The molecule has 0 aliphatic heterocycles. The first-order chi connectivity index (χ1) is 23.2. The minimum absolute atomic E-state index is 0.787. The summed E-state index contributed by atoms with van der Waals surface area (Å²) in [4.78, 5) is 5.31. The molecule has 0 unspecified atom stereocenters. The van der Waals surface area contributed by atoms with Crippen molar-refractivity contribution < 1.29 is 4.57 Å². The van der Waals surface area contributed by atoms with E-state index >= 15 is 4.57 Å². The van der Waals surface area contributed by atoms with Gasteiger partial charge in [-0.15, -0.1) is 0 Å². The molecule has 0 aliphatic rings. The van der Waals surface area contributed by atoms with E-state index in [0.717, 1.165) is 65.6 Å². The molecule has 0 spiro atoms. The minimum atomic E-state index is -3.17. The predicted octanol–water partition coefficient (Wildman–Crippen LogP) is 9.79. The fourth-order valence-electron chi connectivity index (χ4n) is 7.13. The fourth-order valence-corrected chi connectivity index (χ4v) is 9.82. The molecule has 7 aromatic carbocycles. The highest BCUT2D eigenvalue weighted by atomic mass is 31.2. The van der Waals surface area contributed by atoms with Gasteiger partial charge < -0.3 is 9.13 Å². The Labute approximate surface area is 272 Å². The van der Waals surface area contributed by atoms with Crippen LogP contribution < -0.4 is 15.9 Å². The summed E-state index contributed by atoms with van der Waals surface area (Å²) in [5, 5.41) is 8.14. The molecule has 0 N–H and O–H groups in total. The molecule has 4 heteroatoms. The molecule has 0 saturated heterocycles. The number of pyridine rings is 1. The third kappa shape index (κ3) is 4.28. The Kier molecular flexibility index (Phi) is 6.41. The minimum Gasteiger partial charge on any atom is -0.309 e. The van der Waals surface area contributed by atoms with Crippen LogP contribution in [0.15, 0.2) is 176 Å². The molecular formula is C43H29N2OP. The van der Waals surface area contributed by atoms with E-state index in [-0.39, 0.29) is 0 Å². The van der Waals surface area contributed by atoms with E-state index in [1.165, 1.54) is 10.8 Å². The van der Waals surface area contributed by atoms with E-state index in [0.29, 0.717) is 0 Å². The average molecular weight is 621 g/mol. The van der Waals surface area contributed by atoms with Crippen molar-refractivity contribution in [1.29, 1.82) is 0 Å². The van der Waals surface area contributed by atoms with Crippen molar-refractivity contribution in [3.05, 3.63) is 176 Å². The Hall–Kier alpha value is -5.76. The predicted molar refractivity (Wildman–Crippen MR) is 198 cm³/mol. The summed E-state index contributed by atoms with van der Waals surface area (Å²) in [6.07, 6.45) is 0. The van der Waals surface area contributed by atoms with Gasteiger partial charge in [0.05, 0.1) is 22.2 Å². The van der Waals surface area contributed by atoms with Crippen LogP contribution in [0.25, 0.3) is 60.4 Å². The Bertz CT molecular complexity index is 2600. The van der Waals surface area contributed by atoms with Gasteiger partial charge in [0.2, 0.25) is 0 Å². The van der Waals surface area contributed by atoms with E-state index < -0.39 is 7.14 Å². The van der Waals surface area contributed by atoms with Gasteiger partial charge in [-0.25, -0.2) is 4.98 Å². The first kappa shape index (κ1) is 27.5. The summed E-state index contributed by atoms with van der Waals surface area (Å²) in [5.74, 6) is 0. The Morgan fingerprint density at radius 2 is 1.04 bits per heavy atom. The largest absolute Gasteiger partial charge is 0.309 e. The number of aromatic nitrogens is 2. The van der Waals surface area contributed by atoms with Gasteiger partial charge in [-0.3, -0.25) is 0 Å². The molecule has 0 bridgehead atoms. The second-order valence-corrected chi connectivity index (χ2v) is 14.6. The Balaban J connectivity index is 1.38. The van der Waals surface area contributed by atoms with Gasteiger partial charge in [-0.1, -0.05) is 146 Å². The zero-order chi connectivity index (χ0) is 31.4. The zero-order valence-electron chi connectivity index (χ0n) is 25.5. The molecule has 0 atom stereocenters. The average Bonchev–Trinajstić information content (AvgIpc) is 3.50. The lowest BCUT2D eigenvalue weighted by Crippen LogP contribution is -2.25. The second-order valence-electron chi connectivity index (χ2n) is 11.9. The molecule has 3 nitrogen and oxygen atoms in total. The third-order valence-electron chi connectivity index (χ3n) is 9.23. The first-order valence-corrected chi connectivity index (χ1v) is 17.5. The van der Waals surface area contributed by atoms with Crippen molar-refractivity contribution >= 4 is 66.5 Å². The number of para-hydroxylation sites is 3. The molecule has 2 heterocycles. The maximum absolute atomic E-state index is 15.3. The number of nitrogens with zero attached hydrogens (tertiary/aromatic N) is 2. The summed E-state index contributed by atoms with van der Waals surface area (Å²) in [5.41, 5.74) is 6.17. The molecule has 222 valence electrons. The lowest BCUT2D eigenvalue weighted by Gasteiger charge is -2.21. The van der Waals surface area contributed by atoms with Crippen LogP contribution in [-0.4, -0.2) is 9.55 Å². The Morgan fingerprint density at radius 1 is 0.468 bits per heavy atom. The molecule has 9 rings (SSSR count). The van der Waals surface area contributed by atoms with Gasteiger partial charge >= 0.3 is 0 Å². The highest BCUT2D eigenvalue weighted by Crippen LogP contribution is 2.45. The molecule has 0 fully saturated rings. The van der Waals surface area contributed by atoms with E-state index in [1.54, 1.807) is 0 Å². The van der Waals surface area contributed by atoms with Gasteiger partial charge in [-0.05, 0) is 30.3 Å². The van der Waals surface area contributed by atoms with Gasteiger partial charge in [0, 0.05) is 54.1 Å². The highest BCUT2D eigenvalue weighted by molar-refractivity contribution is 7.85. The summed E-state index contributed by atoms with van der Waals surface area (Å²) in [6.45, 7) is 0. The third-order valence-corrected chi connectivity index (χ3v) is 12.3. The topological polar surface area (TPSA) is 34.9 Å². The van der Waals surface area contributed by atoms with E-state index in [2.05, 4.69) is 102 Å². The van der Waals surface area contributed by atoms with E-state index in [9.17, 15) is 0 Å². The van der Waals surface area contributed by atoms with E-state index in [4.69, 9.17) is 4.98 Å². The van der Waals surface area contributed by atoms with Crippen LogP contribution in [-0.2, 0) is 4.57 Å². The van der Waals surface area contributed by atoms with Crippen LogP contribution in [0.3, 0.4) is 0 Å². The SMILES string of the molecule is O=P(c1ccccc1)(c1ccccc1)c1cccc(-c2nc3ccccc3c3c2ccc2c4ccccc4n(-c4ccccc4)c23)c1. The smallest absolute Gasteiger partial charge is 0.171 e. The lowest BCUT2D eigenvalue weighted by atomic mass is 9.97.